The molecule has 1 heterocycles. The van der Waals surface area contributed by atoms with Gasteiger partial charge in [0.2, 0.25) is 0 Å². The van der Waals surface area contributed by atoms with Crippen LogP contribution in [-0.2, 0) is 23.7 Å². The topological polar surface area (TPSA) is 94.5 Å². The van der Waals surface area contributed by atoms with Gasteiger partial charge in [0.25, 0.3) is 0 Å². The summed E-state index contributed by atoms with van der Waals surface area (Å²) in [7, 11) is 0. The van der Waals surface area contributed by atoms with E-state index in [0.717, 1.165) is 25.7 Å². The second-order valence-electron chi connectivity index (χ2n) is 8.75. The number of esters is 1. The van der Waals surface area contributed by atoms with E-state index >= 15 is 0 Å². The fraction of sp³-hybridized carbons (Fsp3) is 0.905. The fourth-order valence-electron chi connectivity index (χ4n) is 3.96. The number of hydrogen-bond acceptors (Lipinski definition) is 7. The van der Waals surface area contributed by atoms with Gasteiger partial charge in [-0.15, -0.1) is 0 Å². The SMILES string of the molecule is CCOC(=O)C1CCC(OC[C@@H]2[C@@H](OCC)[C@@H](O)CN2C(=O)OC(C)(C)C)CC1. The Kier molecular flexibility index (Phi) is 8.73. The van der Waals surface area contributed by atoms with Crippen molar-refractivity contribution < 1.29 is 33.6 Å². The number of ether oxygens (including phenoxy) is 4. The summed E-state index contributed by atoms with van der Waals surface area (Å²) in [5.41, 5.74) is -0.622. The van der Waals surface area contributed by atoms with Crippen molar-refractivity contribution in [1.29, 1.82) is 0 Å². The lowest BCUT2D eigenvalue weighted by Crippen LogP contribution is -2.46. The predicted octanol–water partition coefficient (Wildman–Crippen LogP) is 2.51. The minimum absolute atomic E-state index is 0.0150. The van der Waals surface area contributed by atoms with E-state index in [0.29, 0.717) is 13.2 Å². The van der Waals surface area contributed by atoms with Crippen molar-refractivity contribution >= 4 is 12.1 Å². The summed E-state index contributed by atoms with van der Waals surface area (Å²) < 4.78 is 22.4. The van der Waals surface area contributed by atoms with E-state index in [1.807, 2.05) is 34.6 Å². The van der Waals surface area contributed by atoms with E-state index in [2.05, 4.69) is 0 Å². The van der Waals surface area contributed by atoms with E-state index in [-0.39, 0.29) is 31.1 Å². The molecule has 2 rings (SSSR count). The van der Waals surface area contributed by atoms with E-state index in [1.165, 1.54) is 4.90 Å². The van der Waals surface area contributed by atoms with Crippen molar-refractivity contribution in [1.82, 2.24) is 4.90 Å². The Morgan fingerprint density at radius 1 is 1.03 bits per heavy atom. The summed E-state index contributed by atoms with van der Waals surface area (Å²) in [5.74, 6) is -0.185. The molecule has 2 aliphatic rings. The Bertz CT molecular complexity index is 540. The van der Waals surface area contributed by atoms with Crippen LogP contribution in [0.2, 0.25) is 0 Å². The van der Waals surface area contributed by atoms with Crippen LogP contribution in [0, 0.1) is 5.92 Å². The van der Waals surface area contributed by atoms with Crippen LogP contribution in [0.25, 0.3) is 0 Å². The first kappa shape index (κ1) is 23.9. The first-order valence-corrected chi connectivity index (χ1v) is 10.7. The predicted molar refractivity (Wildman–Crippen MR) is 106 cm³/mol. The van der Waals surface area contributed by atoms with Crippen molar-refractivity contribution in [3.8, 4) is 0 Å². The highest BCUT2D eigenvalue weighted by molar-refractivity contribution is 5.72. The molecule has 1 aliphatic heterocycles. The van der Waals surface area contributed by atoms with Crippen LogP contribution in [0.15, 0.2) is 0 Å². The second-order valence-corrected chi connectivity index (χ2v) is 8.75. The molecular weight excluding hydrogens is 378 g/mol. The van der Waals surface area contributed by atoms with Crippen molar-refractivity contribution in [3.05, 3.63) is 0 Å². The fourth-order valence-corrected chi connectivity index (χ4v) is 3.96. The largest absolute Gasteiger partial charge is 0.466 e. The molecular formula is C21H37NO7. The van der Waals surface area contributed by atoms with Crippen molar-refractivity contribution in [2.75, 3.05) is 26.4 Å². The highest BCUT2D eigenvalue weighted by atomic mass is 16.6. The monoisotopic (exact) mass is 415 g/mol. The number of amides is 1. The highest BCUT2D eigenvalue weighted by Crippen LogP contribution is 2.29. The third kappa shape index (κ3) is 6.83. The van der Waals surface area contributed by atoms with Crippen LogP contribution < -0.4 is 0 Å². The maximum atomic E-state index is 12.6. The molecule has 3 atom stereocenters. The number of carbonyl (C=O) groups excluding carboxylic acids is 2. The maximum absolute atomic E-state index is 12.6. The minimum Gasteiger partial charge on any atom is -0.466 e. The smallest absolute Gasteiger partial charge is 0.410 e. The lowest BCUT2D eigenvalue weighted by molar-refractivity contribution is -0.150. The van der Waals surface area contributed by atoms with Crippen LogP contribution in [0.4, 0.5) is 4.79 Å². The number of β-amino-alcohol motifs (C(OH)–C–C–N with tert-alkyl or cyclic N) is 1. The number of hydrogen-bond donors (Lipinski definition) is 1. The van der Waals surface area contributed by atoms with Crippen LogP contribution in [-0.4, -0.2) is 78.4 Å². The number of nitrogens with zero attached hydrogens (tertiary/aromatic N) is 1. The Morgan fingerprint density at radius 3 is 2.24 bits per heavy atom. The van der Waals surface area contributed by atoms with Crippen LogP contribution in [0.5, 0.6) is 0 Å². The number of carbonyl (C=O) groups is 2. The Morgan fingerprint density at radius 2 is 1.69 bits per heavy atom. The molecule has 0 bridgehead atoms. The third-order valence-electron chi connectivity index (χ3n) is 5.33. The summed E-state index contributed by atoms with van der Waals surface area (Å²) in [6, 6.07) is -0.414. The first-order valence-electron chi connectivity index (χ1n) is 10.7. The molecule has 0 radical (unpaired) electrons. The molecule has 2 fully saturated rings. The molecule has 8 heteroatoms. The molecule has 1 saturated carbocycles. The molecule has 1 saturated heterocycles. The molecule has 1 N–H and O–H groups in total. The van der Waals surface area contributed by atoms with Gasteiger partial charge in [-0.25, -0.2) is 4.79 Å². The van der Waals surface area contributed by atoms with Gasteiger partial charge in [-0.1, -0.05) is 0 Å². The van der Waals surface area contributed by atoms with Gasteiger partial charge in [-0.05, 0) is 60.3 Å². The third-order valence-corrected chi connectivity index (χ3v) is 5.33. The van der Waals surface area contributed by atoms with Gasteiger partial charge in [0.1, 0.15) is 11.7 Å². The van der Waals surface area contributed by atoms with Crippen molar-refractivity contribution in [3.63, 3.8) is 0 Å². The van der Waals surface area contributed by atoms with Gasteiger partial charge >= 0.3 is 12.1 Å². The molecule has 1 amide bonds. The zero-order valence-electron chi connectivity index (χ0n) is 18.4. The summed E-state index contributed by atoms with van der Waals surface area (Å²) in [4.78, 5) is 26.0. The quantitative estimate of drug-likeness (QED) is 0.639. The van der Waals surface area contributed by atoms with Gasteiger partial charge in [0.05, 0.1) is 43.9 Å². The maximum Gasteiger partial charge on any atom is 0.410 e. The first-order chi connectivity index (χ1) is 13.7. The van der Waals surface area contributed by atoms with Crippen molar-refractivity contribution in [2.45, 2.75) is 90.3 Å². The van der Waals surface area contributed by atoms with E-state index < -0.39 is 29.9 Å². The summed E-state index contributed by atoms with van der Waals surface area (Å²) >= 11 is 0. The second kappa shape index (κ2) is 10.6. The van der Waals surface area contributed by atoms with E-state index in [1.54, 1.807) is 0 Å². The van der Waals surface area contributed by atoms with Gasteiger partial charge < -0.3 is 24.1 Å². The number of likely N-dealkylation sites (tertiary alicyclic amines) is 1. The molecule has 0 unspecified atom stereocenters. The van der Waals surface area contributed by atoms with Gasteiger partial charge in [0.15, 0.2) is 0 Å². The summed E-state index contributed by atoms with van der Waals surface area (Å²) in [6.45, 7) is 10.4. The Labute approximate surface area is 173 Å². The average Bonchev–Trinajstić information content (AvgIpc) is 2.96. The molecule has 0 aromatic heterocycles. The van der Waals surface area contributed by atoms with Crippen LogP contribution in [0.3, 0.4) is 0 Å². The van der Waals surface area contributed by atoms with E-state index in [4.69, 9.17) is 18.9 Å². The summed E-state index contributed by atoms with van der Waals surface area (Å²) in [5, 5.41) is 10.4. The minimum atomic E-state index is -0.782. The van der Waals surface area contributed by atoms with Crippen LogP contribution in [0.1, 0.15) is 60.3 Å². The zero-order valence-corrected chi connectivity index (χ0v) is 18.4. The molecule has 0 aromatic rings. The number of aliphatic hydroxyl groups is 1. The molecule has 0 spiro atoms. The normalized spacial score (nSPS) is 30.3. The lowest BCUT2D eigenvalue weighted by Gasteiger charge is -2.32. The molecule has 8 nitrogen and oxygen atoms in total. The standard InChI is InChI=1S/C21H37NO7/c1-6-26-18-16(22(12-17(18)23)20(25)29-21(3,4)5)13-28-15-10-8-14(9-11-15)19(24)27-7-2/h14-18,23H,6-13H2,1-5H3/t14?,15?,16-,17+,18-/m1/s1. The molecule has 0 aromatic carbocycles. The van der Waals surface area contributed by atoms with Gasteiger partial charge in [0, 0.05) is 6.61 Å². The van der Waals surface area contributed by atoms with Gasteiger partial charge in [-0.2, -0.15) is 0 Å². The number of aliphatic hydroxyl groups excluding tert-OH is 1. The molecule has 29 heavy (non-hydrogen) atoms. The Hall–Kier alpha value is -1.38. The van der Waals surface area contributed by atoms with Gasteiger partial charge in [-0.3, -0.25) is 9.69 Å². The van der Waals surface area contributed by atoms with Crippen molar-refractivity contribution in [2.24, 2.45) is 5.92 Å². The molecule has 168 valence electrons. The Balaban J connectivity index is 1.94. The van der Waals surface area contributed by atoms with Crippen LogP contribution >= 0.6 is 0 Å². The average molecular weight is 416 g/mol. The lowest BCUT2D eigenvalue weighted by atomic mass is 9.87. The van der Waals surface area contributed by atoms with E-state index in [9.17, 15) is 14.7 Å². The number of rotatable bonds is 7. The highest BCUT2D eigenvalue weighted by Gasteiger charge is 2.46. The summed E-state index contributed by atoms with van der Waals surface area (Å²) in [6.07, 6.45) is 1.26. The zero-order chi connectivity index (χ0) is 21.6. The molecule has 1 aliphatic carbocycles.